The van der Waals surface area contributed by atoms with Crippen molar-refractivity contribution in [2.75, 3.05) is 26.1 Å². The van der Waals surface area contributed by atoms with Crippen LogP contribution in [0.25, 0.3) is 0 Å². The van der Waals surface area contributed by atoms with Crippen LogP contribution in [0.3, 0.4) is 0 Å². The monoisotopic (exact) mass is 371 g/mol. The molecular weight excluding hydrogens is 346 g/mol. The summed E-state index contributed by atoms with van der Waals surface area (Å²) in [5.74, 6) is -0.0969. The number of carbonyl (C=O) groups excluding carboxylic acids is 2. The molecule has 0 aliphatic carbocycles. The first-order chi connectivity index (χ1) is 13.0. The topological polar surface area (TPSA) is 73.9 Å². The first-order valence-corrected chi connectivity index (χ1v) is 8.83. The third kappa shape index (κ3) is 5.00. The van der Waals surface area contributed by atoms with Gasteiger partial charge < -0.3 is 19.5 Å². The molecule has 0 heterocycles. The molecule has 1 N–H and O–H groups in total. The highest BCUT2D eigenvalue weighted by Crippen LogP contribution is 2.26. The minimum atomic E-state index is -0.544. The van der Waals surface area contributed by atoms with E-state index in [1.54, 1.807) is 18.2 Å². The fraction of sp³-hybridized carbons (Fsp3) is 0.333. The van der Waals surface area contributed by atoms with Crippen LogP contribution in [0.2, 0.25) is 0 Å². The van der Waals surface area contributed by atoms with Crippen molar-refractivity contribution in [3.63, 3.8) is 0 Å². The van der Waals surface area contributed by atoms with Crippen molar-refractivity contribution < 1.29 is 23.8 Å². The van der Waals surface area contributed by atoms with E-state index in [1.165, 1.54) is 14.2 Å². The van der Waals surface area contributed by atoms with Crippen molar-refractivity contribution in [2.45, 2.75) is 26.7 Å². The molecule has 0 fully saturated rings. The van der Waals surface area contributed by atoms with Gasteiger partial charge in [-0.25, -0.2) is 4.79 Å². The van der Waals surface area contributed by atoms with Crippen LogP contribution in [0.1, 0.15) is 35.3 Å². The minimum Gasteiger partial charge on any atom is -0.497 e. The number of para-hydroxylation sites is 1. The van der Waals surface area contributed by atoms with E-state index in [1.807, 2.05) is 32.0 Å². The number of nitrogens with one attached hydrogen (secondary N) is 1. The molecule has 0 atom stereocenters. The van der Waals surface area contributed by atoms with Gasteiger partial charge in [0.05, 0.1) is 14.2 Å². The van der Waals surface area contributed by atoms with Crippen LogP contribution in [0.5, 0.6) is 11.5 Å². The van der Waals surface area contributed by atoms with E-state index in [4.69, 9.17) is 14.2 Å². The number of aryl methyl sites for hydroxylation is 2. The van der Waals surface area contributed by atoms with E-state index in [9.17, 15) is 9.59 Å². The summed E-state index contributed by atoms with van der Waals surface area (Å²) in [5.41, 5.74) is 3.20. The van der Waals surface area contributed by atoms with Gasteiger partial charge in [-0.15, -0.1) is 0 Å². The van der Waals surface area contributed by atoms with Gasteiger partial charge in [-0.2, -0.15) is 0 Å². The van der Waals surface area contributed by atoms with E-state index >= 15 is 0 Å². The fourth-order valence-corrected chi connectivity index (χ4v) is 2.75. The third-order valence-electron chi connectivity index (χ3n) is 4.22. The summed E-state index contributed by atoms with van der Waals surface area (Å²) in [7, 11) is 2.80. The number of methoxy groups -OCH3 is 2. The molecule has 2 aromatic rings. The van der Waals surface area contributed by atoms with Crippen molar-refractivity contribution in [2.24, 2.45) is 0 Å². The maximum absolute atomic E-state index is 12.4. The van der Waals surface area contributed by atoms with Gasteiger partial charge in [0.1, 0.15) is 17.1 Å². The molecule has 0 aliphatic heterocycles. The Morgan fingerprint density at radius 1 is 1.00 bits per heavy atom. The lowest BCUT2D eigenvalue weighted by Crippen LogP contribution is -2.22. The number of esters is 1. The molecule has 6 nitrogen and oxygen atoms in total. The summed E-state index contributed by atoms with van der Waals surface area (Å²) in [6.07, 6.45) is 1.62. The lowest BCUT2D eigenvalue weighted by atomic mass is 10.0. The second-order valence-corrected chi connectivity index (χ2v) is 5.85. The first kappa shape index (κ1) is 20.3. The highest BCUT2D eigenvalue weighted by Gasteiger charge is 2.16. The molecule has 1 amide bonds. The zero-order valence-corrected chi connectivity index (χ0v) is 16.1. The smallest absolute Gasteiger partial charge is 0.341 e. The highest BCUT2D eigenvalue weighted by molar-refractivity contribution is 5.95. The quantitative estimate of drug-likeness (QED) is 0.718. The maximum atomic E-state index is 12.4. The Bertz CT molecular complexity index is 794. The Balaban J connectivity index is 2.16. The van der Waals surface area contributed by atoms with Gasteiger partial charge in [0.2, 0.25) is 0 Å². The average Bonchev–Trinajstić information content (AvgIpc) is 2.71. The van der Waals surface area contributed by atoms with E-state index < -0.39 is 5.97 Å². The summed E-state index contributed by atoms with van der Waals surface area (Å²) in [6.45, 7) is 3.85. The lowest BCUT2D eigenvalue weighted by molar-refractivity contribution is -0.118. The maximum Gasteiger partial charge on any atom is 0.341 e. The number of benzene rings is 2. The lowest BCUT2D eigenvalue weighted by Gasteiger charge is -2.15. The van der Waals surface area contributed by atoms with Crippen LogP contribution in [0.4, 0.5) is 5.69 Å². The summed E-state index contributed by atoms with van der Waals surface area (Å²) in [5, 5.41) is 2.93. The van der Waals surface area contributed by atoms with Crippen molar-refractivity contribution in [1.82, 2.24) is 0 Å². The van der Waals surface area contributed by atoms with Crippen molar-refractivity contribution in [1.29, 1.82) is 0 Å². The Morgan fingerprint density at radius 3 is 2.22 bits per heavy atom. The predicted molar refractivity (Wildman–Crippen MR) is 104 cm³/mol. The summed E-state index contributed by atoms with van der Waals surface area (Å²) in [4.78, 5) is 24.3. The molecule has 2 rings (SSSR count). The van der Waals surface area contributed by atoms with Gasteiger partial charge in [0.25, 0.3) is 5.91 Å². The molecule has 0 bridgehead atoms. The van der Waals surface area contributed by atoms with Gasteiger partial charge in [-0.05, 0) is 36.1 Å². The molecule has 0 radical (unpaired) electrons. The SMILES string of the molecule is CCc1cccc(CC)c1NC(=O)COc1cc(OC)ccc1C(=O)OC. The molecular formula is C21H25NO5. The second kappa shape index (κ2) is 9.62. The van der Waals surface area contributed by atoms with Crippen LogP contribution in [0, 0.1) is 0 Å². The van der Waals surface area contributed by atoms with E-state index in [0.717, 1.165) is 29.7 Å². The Hall–Kier alpha value is -3.02. The number of amides is 1. The van der Waals surface area contributed by atoms with E-state index in [-0.39, 0.29) is 23.8 Å². The molecule has 6 heteroatoms. The fourth-order valence-electron chi connectivity index (χ4n) is 2.75. The van der Waals surface area contributed by atoms with Gasteiger partial charge in [0.15, 0.2) is 6.61 Å². The molecule has 0 aliphatic rings. The van der Waals surface area contributed by atoms with Crippen molar-refractivity contribution in [3.8, 4) is 11.5 Å². The van der Waals surface area contributed by atoms with E-state index in [0.29, 0.717) is 5.75 Å². The Labute approximate surface area is 159 Å². The van der Waals surface area contributed by atoms with Crippen LogP contribution >= 0.6 is 0 Å². The highest BCUT2D eigenvalue weighted by atomic mass is 16.5. The van der Waals surface area contributed by atoms with Crippen LogP contribution in [0.15, 0.2) is 36.4 Å². The largest absolute Gasteiger partial charge is 0.497 e. The van der Waals surface area contributed by atoms with Gasteiger partial charge >= 0.3 is 5.97 Å². The average molecular weight is 371 g/mol. The van der Waals surface area contributed by atoms with Crippen LogP contribution in [-0.4, -0.2) is 32.7 Å². The van der Waals surface area contributed by atoms with Gasteiger partial charge in [0, 0.05) is 11.8 Å². The van der Waals surface area contributed by atoms with Gasteiger partial charge in [-0.1, -0.05) is 32.0 Å². The molecule has 144 valence electrons. The molecule has 0 saturated heterocycles. The molecule has 0 saturated carbocycles. The number of hydrogen-bond acceptors (Lipinski definition) is 5. The minimum absolute atomic E-state index is 0.231. The molecule has 27 heavy (non-hydrogen) atoms. The molecule has 0 spiro atoms. The van der Waals surface area contributed by atoms with Gasteiger partial charge in [-0.3, -0.25) is 4.79 Å². The van der Waals surface area contributed by atoms with Crippen molar-refractivity contribution >= 4 is 17.6 Å². The Kier molecular flexibility index (Phi) is 7.23. The number of ether oxygens (including phenoxy) is 3. The van der Waals surface area contributed by atoms with Crippen molar-refractivity contribution in [3.05, 3.63) is 53.1 Å². The Morgan fingerprint density at radius 2 is 1.67 bits per heavy atom. The predicted octanol–water partition coefficient (Wildman–Crippen LogP) is 3.62. The first-order valence-electron chi connectivity index (χ1n) is 8.83. The van der Waals surface area contributed by atoms with Crippen LogP contribution in [-0.2, 0) is 22.4 Å². The van der Waals surface area contributed by atoms with E-state index in [2.05, 4.69) is 5.32 Å². The summed E-state index contributed by atoms with van der Waals surface area (Å²) in [6, 6.07) is 10.7. The third-order valence-corrected chi connectivity index (χ3v) is 4.22. The zero-order valence-electron chi connectivity index (χ0n) is 16.1. The number of rotatable bonds is 8. The number of anilines is 1. The number of hydrogen-bond donors (Lipinski definition) is 1. The normalized spacial score (nSPS) is 10.2. The molecule has 2 aromatic carbocycles. The summed E-state index contributed by atoms with van der Waals surface area (Å²) < 4.78 is 15.5. The molecule has 0 aromatic heterocycles. The summed E-state index contributed by atoms with van der Waals surface area (Å²) >= 11 is 0. The standard InChI is InChI=1S/C21H25NO5/c1-5-14-8-7-9-15(6-2)20(14)22-19(23)13-27-18-12-16(25-3)10-11-17(18)21(24)26-4/h7-12H,5-6,13H2,1-4H3,(H,22,23). The zero-order chi connectivity index (χ0) is 19.8. The van der Waals surface area contributed by atoms with Crippen LogP contribution < -0.4 is 14.8 Å². The second-order valence-electron chi connectivity index (χ2n) is 5.85. The molecule has 0 unspecified atom stereocenters. The number of carbonyl (C=O) groups is 2.